The van der Waals surface area contributed by atoms with Crippen molar-refractivity contribution in [2.45, 2.75) is 6.61 Å². The predicted molar refractivity (Wildman–Crippen MR) is 85.4 cm³/mol. The highest BCUT2D eigenvalue weighted by Gasteiger charge is 2.14. The highest BCUT2D eigenvalue weighted by atomic mass is 35.5. The molecule has 0 aliphatic heterocycles. The zero-order valence-corrected chi connectivity index (χ0v) is 13.4. The first-order chi connectivity index (χ1) is 10.6. The Morgan fingerprint density at radius 2 is 2.14 bits per heavy atom. The van der Waals surface area contributed by atoms with Gasteiger partial charge in [-0.15, -0.1) is 11.3 Å². The summed E-state index contributed by atoms with van der Waals surface area (Å²) in [5.41, 5.74) is 0.787. The Hall–Kier alpha value is -1.82. The minimum Gasteiger partial charge on any atom is -0.455 e. The van der Waals surface area contributed by atoms with E-state index in [0.29, 0.717) is 16.5 Å². The maximum atomic E-state index is 12.0. The second-order valence-corrected chi connectivity index (χ2v) is 6.15. The van der Waals surface area contributed by atoms with Crippen LogP contribution in [0.1, 0.15) is 16.1 Å². The number of hydrogen-bond acceptors (Lipinski definition) is 5. The van der Waals surface area contributed by atoms with E-state index in [0.717, 1.165) is 4.88 Å². The molecule has 0 radical (unpaired) electrons. The van der Waals surface area contributed by atoms with Gasteiger partial charge in [-0.2, -0.15) is 0 Å². The molecule has 3 aromatic rings. The van der Waals surface area contributed by atoms with Crippen LogP contribution in [0, 0.1) is 0 Å². The van der Waals surface area contributed by atoms with Gasteiger partial charge >= 0.3 is 5.97 Å². The van der Waals surface area contributed by atoms with Crippen LogP contribution in [0.25, 0.3) is 10.6 Å². The molecule has 0 saturated heterocycles. The average Bonchev–Trinajstić information content (AvgIpc) is 3.16. The predicted octanol–water partition coefficient (Wildman–Crippen LogP) is 5.07. The number of carbonyl (C=O) groups is 1. The van der Waals surface area contributed by atoms with Crippen LogP contribution >= 0.6 is 34.5 Å². The van der Waals surface area contributed by atoms with Gasteiger partial charge < -0.3 is 9.26 Å². The van der Waals surface area contributed by atoms with Gasteiger partial charge in [0.25, 0.3) is 0 Å². The molecule has 112 valence electrons. The number of nitrogens with zero attached hydrogens (tertiary/aromatic N) is 1. The number of esters is 1. The van der Waals surface area contributed by atoms with Gasteiger partial charge in [0.1, 0.15) is 12.3 Å². The first kappa shape index (κ1) is 15.1. The first-order valence-electron chi connectivity index (χ1n) is 6.25. The summed E-state index contributed by atoms with van der Waals surface area (Å²) in [6.07, 6.45) is 0. The molecule has 0 atom stereocenters. The molecule has 0 spiro atoms. The number of halogens is 2. The highest BCUT2D eigenvalue weighted by Crippen LogP contribution is 2.26. The van der Waals surface area contributed by atoms with Crippen LogP contribution in [0.2, 0.25) is 10.0 Å². The lowest BCUT2D eigenvalue weighted by atomic mass is 10.2. The molecule has 4 nitrogen and oxygen atoms in total. The minimum absolute atomic E-state index is 0.00661. The van der Waals surface area contributed by atoms with E-state index in [-0.39, 0.29) is 17.2 Å². The molecular weight excluding hydrogens is 345 g/mol. The number of carbonyl (C=O) groups excluding carboxylic acids is 1. The van der Waals surface area contributed by atoms with Crippen LogP contribution in [0.4, 0.5) is 0 Å². The molecular formula is C15H9Cl2NO3S. The van der Waals surface area contributed by atoms with Crippen molar-refractivity contribution in [1.29, 1.82) is 0 Å². The fraction of sp³-hybridized carbons (Fsp3) is 0.0667. The van der Waals surface area contributed by atoms with Crippen LogP contribution in [0.5, 0.6) is 0 Å². The van der Waals surface area contributed by atoms with Crippen molar-refractivity contribution in [3.8, 4) is 10.6 Å². The number of hydrogen-bond donors (Lipinski definition) is 0. The second-order valence-electron chi connectivity index (χ2n) is 4.36. The average molecular weight is 354 g/mol. The molecule has 2 heterocycles. The quantitative estimate of drug-likeness (QED) is 0.614. The van der Waals surface area contributed by atoms with Gasteiger partial charge in [0.15, 0.2) is 5.76 Å². The smallest absolute Gasteiger partial charge is 0.340 e. The third-order valence-corrected chi connectivity index (χ3v) is 4.26. The maximum absolute atomic E-state index is 12.0. The third-order valence-electron chi connectivity index (χ3n) is 2.83. The highest BCUT2D eigenvalue weighted by molar-refractivity contribution is 7.13. The zero-order chi connectivity index (χ0) is 15.5. The van der Waals surface area contributed by atoms with Crippen LogP contribution in [-0.2, 0) is 11.3 Å². The number of rotatable bonds is 4. The molecule has 7 heteroatoms. The molecule has 0 amide bonds. The molecule has 0 bridgehead atoms. The lowest BCUT2D eigenvalue weighted by Crippen LogP contribution is -2.06. The van der Waals surface area contributed by atoms with E-state index >= 15 is 0 Å². The van der Waals surface area contributed by atoms with Crippen molar-refractivity contribution >= 4 is 40.5 Å². The van der Waals surface area contributed by atoms with Crippen molar-refractivity contribution in [2.75, 3.05) is 0 Å². The van der Waals surface area contributed by atoms with Crippen molar-refractivity contribution in [1.82, 2.24) is 5.16 Å². The van der Waals surface area contributed by atoms with Crippen molar-refractivity contribution < 1.29 is 14.1 Å². The Morgan fingerprint density at radius 3 is 2.86 bits per heavy atom. The van der Waals surface area contributed by atoms with Crippen LogP contribution in [0.3, 0.4) is 0 Å². The Bertz CT molecular complexity index is 799. The van der Waals surface area contributed by atoms with E-state index in [1.807, 2.05) is 17.5 Å². The molecule has 0 saturated carbocycles. The lowest BCUT2D eigenvalue weighted by Gasteiger charge is -2.04. The summed E-state index contributed by atoms with van der Waals surface area (Å²) in [5, 5.41) is 6.52. The largest absolute Gasteiger partial charge is 0.455 e. The van der Waals surface area contributed by atoms with E-state index < -0.39 is 5.97 Å². The molecule has 3 rings (SSSR count). The van der Waals surface area contributed by atoms with Crippen molar-refractivity contribution in [2.24, 2.45) is 0 Å². The summed E-state index contributed by atoms with van der Waals surface area (Å²) in [6.45, 7) is 0.00661. The SMILES string of the molecule is O=C(OCc1cc(-c2cccs2)on1)c1ccc(Cl)cc1Cl. The van der Waals surface area contributed by atoms with E-state index in [9.17, 15) is 4.79 Å². The van der Waals surface area contributed by atoms with Gasteiger partial charge in [0.05, 0.1) is 15.5 Å². The summed E-state index contributed by atoms with van der Waals surface area (Å²) in [6, 6.07) is 10.2. The Labute approximate surface area is 140 Å². The molecule has 1 aromatic carbocycles. The van der Waals surface area contributed by atoms with Gasteiger partial charge in [0.2, 0.25) is 0 Å². The van der Waals surface area contributed by atoms with Gasteiger partial charge in [-0.3, -0.25) is 0 Å². The molecule has 0 unspecified atom stereocenters. The van der Waals surface area contributed by atoms with E-state index in [1.165, 1.54) is 12.1 Å². The molecule has 0 aliphatic rings. The summed E-state index contributed by atoms with van der Waals surface area (Å²) >= 11 is 13.3. The summed E-state index contributed by atoms with van der Waals surface area (Å²) in [5.74, 6) is 0.105. The van der Waals surface area contributed by atoms with Crippen molar-refractivity contribution in [3.63, 3.8) is 0 Å². The van der Waals surface area contributed by atoms with Gasteiger partial charge in [-0.05, 0) is 29.6 Å². The first-order valence-corrected chi connectivity index (χ1v) is 7.88. The maximum Gasteiger partial charge on any atom is 0.340 e. The van der Waals surface area contributed by atoms with E-state index in [2.05, 4.69) is 5.16 Å². The number of benzene rings is 1. The summed E-state index contributed by atoms with van der Waals surface area (Å²) < 4.78 is 10.4. The van der Waals surface area contributed by atoms with E-state index in [1.54, 1.807) is 23.5 Å². The standard InChI is InChI=1S/C15H9Cl2NO3S/c16-9-3-4-11(12(17)6-9)15(19)20-8-10-7-13(21-18-10)14-2-1-5-22-14/h1-7H,8H2. The number of ether oxygens (including phenoxy) is 1. The number of thiophene rings is 1. The number of aromatic nitrogens is 1. The van der Waals surface area contributed by atoms with Crippen molar-refractivity contribution in [3.05, 3.63) is 63.1 Å². The third kappa shape index (κ3) is 3.32. The fourth-order valence-corrected chi connectivity index (χ4v) is 2.95. The summed E-state index contributed by atoms with van der Waals surface area (Å²) in [4.78, 5) is 12.9. The van der Waals surface area contributed by atoms with Gasteiger partial charge in [-0.1, -0.05) is 34.4 Å². The minimum atomic E-state index is -0.539. The second kappa shape index (κ2) is 6.52. The zero-order valence-electron chi connectivity index (χ0n) is 11.1. The van der Waals surface area contributed by atoms with E-state index in [4.69, 9.17) is 32.5 Å². The van der Waals surface area contributed by atoms with Gasteiger partial charge in [-0.25, -0.2) is 4.79 Å². The Balaban J connectivity index is 1.66. The molecule has 0 aliphatic carbocycles. The molecule has 2 aromatic heterocycles. The normalized spacial score (nSPS) is 10.6. The monoisotopic (exact) mass is 353 g/mol. The molecule has 0 fully saturated rings. The van der Waals surface area contributed by atoms with Crippen LogP contribution in [0.15, 0.2) is 46.3 Å². The Kier molecular flexibility index (Phi) is 4.47. The molecule has 0 N–H and O–H groups in total. The van der Waals surface area contributed by atoms with Crippen LogP contribution in [-0.4, -0.2) is 11.1 Å². The molecule has 22 heavy (non-hydrogen) atoms. The van der Waals surface area contributed by atoms with Crippen LogP contribution < -0.4 is 0 Å². The Morgan fingerprint density at radius 1 is 1.27 bits per heavy atom. The summed E-state index contributed by atoms with van der Waals surface area (Å²) in [7, 11) is 0. The fourth-order valence-electron chi connectivity index (χ4n) is 1.79. The topological polar surface area (TPSA) is 52.3 Å². The van der Waals surface area contributed by atoms with Gasteiger partial charge in [0, 0.05) is 11.1 Å². The lowest BCUT2D eigenvalue weighted by molar-refractivity contribution is 0.0464.